The Morgan fingerprint density at radius 2 is 1.68 bits per heavy atom. The number of amidine groups is 1. The Kier molecular flexibility index (Phi) is 6.01. The molecule has 0 spiro atoms. The molecular formula is C21H16ClF2N3O. The number of nitrogens with one attached hydrogen (secondary N) is 1. The molecule has 7 heteroatoms. The van der Waals surface area contributed by atoms with Gasteiger partial charge in [0, 0.05) is 23.7 Å². The number of benzene rings is 3. The number of Topliss-reactive ketones (excluding diaryl/α,β-unsaturated/α-hetero) is 1. The molecule has 28 heavy (non-hydrogen) atoms. The van der Waals surface area contributed by atoms with Gasteiger partial charge in [-0.25, -0.2) is 8.78 Å². The molecule has 0 radical (unpaired) electrons. The third kappa shape index (κ3) is 4.53. The molecule has 0 aromatic heterocycles. The number of ketones is 1. The molecular weight excluding hydrogens is 384 g/mol. The molecule has 0 unspecified atom stereocenters. The van der Waals surface area contributed by atoms with Gasteiger partial charge in [0.1, 0.15) is 11.6 Å². The van der Waals surface area contributed by atoms with Gasteiger partial charge in [-0.15, -0.1) is 0 Å². The van der Waals surface area contributed by atoms with Gasteiger partial charge >= 0.3 is 0 Å². The zero-order valence-electron chi connectivity index (χ0n) is 14.9. The second-order valence-corrected chi connectivity index (χ2v) is 6.34. The predicted molar refractivity (Wildman–Crippen MR) is 108 cm³/mol. The van der Waals surface area contributed by atoms with Crippen molar-refractivity contribution in [2.24, 2.45) is 5.10 Å². The zero-order chi connectivity index (χ0) is 20.1. The highest BCUT2D eigenvalue weighted by Gasteiger charge is 2.22. The van der Waals surface area contributed by atoms with E-state index in [0.29, 0.717) is 16.3 Å². The van der Waals surface area contributed by atoms with Crippen molar-refractivity contribution in [1.29, 1.82) is 0 Å². The van der Waals surface area contributed by atoms with Crippen molar-refractivity contribution < 1.29 is 13.6 Å². The fourth-order valence-corrected chi connectivity index (χ4v) is 2.62. The minimum atomic E-state index is -0.677. The van der Waals surface area contributed by atoms with Crippen LogP contribution in [-0.2, 0) is 0 Å². The summed E-state index contributed by atoms with van der Waals surface area (Å²) in [6, 6.07) is 18.1. The molecule has 0 aliphatic heterocycles. The van der Waals surface area contributed by atoms with Crippen LogP contribution in [0.4, 0.5) is 20.2 Å². The van der Waals surface area contributed by atoms with Crippen LogP contribution in [0.1, 0.15) is 10.4 Å². The summed E-state index contributed by atoms with van der Waals surface area (Å²) >= 11 is 5.86. The van der Waals surface area contributed by atoms with Crippen molar-refractivity contribution in [1.82, 2.24) is 0 Å². The van der Waals surface area contributed by atoms with E-state index in [0.717, 1.165) is 18.2 Å². The predicted octanol–water partition coefficient (Wildman–Crippen LogP) is 5.36. The minimum Gasteiger partial charge on any atom is -0.322 e. The number of carbonyl (C=O) groups excluding carboxylic acids is 1. The molecule has 0 atom stereocenters. The molecule has 3 rings (SSSR count). The number of hydrogen-bond acceptors (Lipinski definition) is 3. The summed E-state index contributed by atoms with van der Waals surface area (Å²) in [6.45, 7) is 0. The van der Waals surface area contributed by atoms with Crippen molar-refractivity contribution in [3.8, 4) is 0 Å². The topological polar surface area (TPSA) is 44.7 Å². The highest BCUT2D eigenvalue weighted by atomic mass is 35.5. The average molecular weight is 400 g/mol. The van der Waals surface area contributed by atoms with Gasteiger partial charge in [0.2, 0.25) is 11.6 Å². The summed E-state index contributed by atoms with van der Waals surface area (Å²) in [5.41, 5.74) is 3.59. The van der Waals surface area contributed by atoms with Crippen molar-refractivity contribution in [2.75, 3.05) is 17.4 Å². The van der Waals surface area contributed by atoms with E-state index >= 15 is 0 Å². The normalized spacial score (nSPS) is 11.2. The van der Waals surface area contributed by atoms with Crippen LogP contribution in [0.5, 0.6) is 0 Å². The molecule has 0 heterocycles. The van der Waals surface area contributed by atoms with Gasteiger partial charge in [0.25, 0.3) is 0 Å². The lowest BCUT2D eigenvalue weighted by Crippen LogP contribution is -2.35. The average Bonchev–Trinajstić information content (AvgIpc) is 2.71. The van der Waals surface area contributed by atoms with Gasteiger partial charge in [-0.05, 0) is 36.4 Å². The summed E-state index contributed by atoms with van der Waals surface area (Å²) in [4.78, 5) is 14.2. The molecule has 0 aliphatic rings. The Morgan fingerprint density at radius 1 is 1.00 bits per heavy atom. The monoisotopic (exact) mass is 399 g/mol. The number of hydrogen-bond donors (Lipinski definition) is 1. The number of anilines is 2. The molecule has 1 N–H and O–H groups in total. The van der Waals surface area contributed by atoms with Crippen LogP contribution in [0.15, 0.2) is 77.9 Å². The van der Waals surface area contributed by atoms with Gasteiger partial charge in [0.05, 0.1) is 11.4 Å². The summed E-state index contributed by atoms with van der Waals surface area (Å²) < 4.78 is 27.9. The summed E-state index contributed by atoms with van der Waals surface area (Å²) in [7, 11) is 1.45. The van der Waals surface area contributed by atoms with Crippen molar-refractivity contribution in [3.05, 3.63) is 95.0 Å². The Labute approximate surface area is 166 Å². The standard InChI is InChI=1S/C21H16ClF2N3O/c1-27(19-13-16(23)9-12-18(19)24)21(20(28)14-5-3-2-4-6-14)26-25-17-10-7-15(22)8-11-17/h2-13,25H,1H3/b26-21+. The highest BCUT2D eigenvalue weighted by Crippen LogP contribution is 2.21. The van der Waals surface area contributed by atoms with Crippen LogP contribution >= 0.6 is 11.6 Å². The zero-order valence-corrected chi connectivity index (χ0v) is 15.6. The van der Waals surface area contributed by atoms with E-state index in [1.807, 2.05) is 0 Å². The van der Waals surface area contributed by atoms with Crippen molar-refractivity contribution in [3.63, 3.8) is 0 Å². The first-order valence-corrected chi connectivity index (χ1v) is 8.71. The van der Waals surface area contributed by atoms with E-state index in [2.05, 4.69) is 10.5 Å². The lowest BCUT2D eigenvalue weighted by atomic mass is 10.1. The highest BCUT2D eigenvalue weighted by molar-refractivity contribution is 6.49. The Morgan fingerprint density at radius 3 is 2.36 bits per heavy atom. The third-order valence-corrected chi connectivity index (χ3v) is 4.21. The maximum Gasteiger partial charge on any atom is 0.230 e. The lowest BCUT2D eigenvalue weighted by molar-refractivity contribution is 0.106. The molecule has 142 valence electrons. The maximum absolute atomic E-state index is 14.2. The summed E-state index contributed by atoms with van der Waals surface area (Å²) in [5.74, 6) is -1.86. The minimum absolute atomic E-state index is 0.106. The van der Waals surface area contributed by atoms with Gasteiger partial charge in [-0.1, -0.05) is 41.9 Å². The quantitative estimate of drug-likeness (QED) is 0.272. The van der Waals surface area contributed by atoms with Crippen LogP contribution in [-0.4, -0.2) is 18.7 Å². The molecule has 0 bridgehead atoms. The Hall–Kier alpha value is -3.25. The van der Waals surface area contributed by atoms with Gasteiger partial charge in [0.15, 0.2) is 0 Å². The Bertz CT molecular complexity index is 1010. The fourth-order valence-electron chi connectivity index (χ4n) is 2.50. The number of likely N-dealkylation sites (N-methyl/N-ethyl adjacent to an activating group) is 1. The fraction of sp³-hybridized carbons (Fsp3) is 0.0476. The van der Waals surface area contributed by atoms with E-state index in [4.69, 9.17) is 11.6 Å². The summed E-state index contributed by atoms with van der Waals surface area (Å²) in [6.07, 6.45) is 0. The summed E-state index contributed by atoms with van der Waals surface area (Å²) in [5, 5.41) is 4.71. The molecule has 3 aromatic rings. The van der Waals surface area contributed by atoms with E-state index in [9.17, 15) is 13.6 Å². The largest absolute Gasteiger partial charge is 0.322 e. The van der Waals surface area contributed by atoms with E-state index in [1.54, 1.807) is 54.6 Å². The van der Waals surface area contributed by atoms with Gasteiger partial charge in [-0.2, -0.15) is 5.10 Å². The van der Waals surface area contributed by atoms with E-state index in [1.165, 1.54) is 11.9 Å². The van der Waals surface area contributed by atoms with E-state index in [-0.39, 0.29) is 11.5 Å². The second-order valence-electron chi connectivity index (χ2n) is 5.90. The number of halogens is 3. The lowest BCUT2D eigenvalue weighted by Gasteiger charge is -2.21. The molecule has 0 aliphatic carbocycles. The smallest absolute Gasteiger partial charge is 0.230 e. The molecule has 0 saturated carbocycles. The van der Waals surface area contributed by atoms with Crippen LogP contribution in [0.2, 0.25) is 5.02 Å². The van der Waals surface area contributed by atoms with Gasteiger partial charge < -0.3 is 4.90 Å². The first kappa shape index (κ1) is 19.5. The number of hydrazone groups is 1. The number of carbonyl (C=O) groups is 1. The maximum atomic E-state index is 14.2. The first-order chi connectivity index (χ1) is 13.5. The van der Waals surface area contributed by atoms with Crippen molar-refractivity contribution >= 4 is 34.6 Å². The van der Waals surface area contributed by atoms with Crippen LogP contribution < -0.4 is 10.3 Å². The first-order valence-electron chi connectivity index (χ1n) is 8.33. The molecule has 3 aromatic carbocycles. The van der Waals surface area contributed by atoms with Crippen LogP contribution in [0, 0.1) is 11.6 Å². The number of rotatable bonds is 5. The second kappa shape index (κ2) is 8.63. The third-order valence-electron chi connectivity index (χ3n) is 3.96. The van der Waals surface area contributed by atoms with E-state index < -0.39 is 17.4 Å². The molecule has 0 fully saturated rings. The molecule has 4 nitrogen and oxygen atoms in total. The molecule has 0 amide bonds. The van der Waals surface area contributed by atoms with Crippen LogP contribution in [0.3, 0.4) is 0 Å². The SMILES string of the molecule is CN(/C(=N/Nc1ccc(Cl)cc1)C(=O)c1ccccc1)c1cc(F)ccc1F. The van der Waals surface area contributed by atoms with Gasteiger partial charge in [-0.3, -0.25) is 10.2 Å². The van der Waals surface area contributed by atoms with Crippen LogP contribution in [0.25, 0.3) is 0 Å². The van der Waals surface area contributed by atoms with Crippen molar-refractivity contribution in [2.45, 2.75) is 0 Å². The molecule has 0 saturated heterocycles. The Balaban J connectivity index is 2.00. The number of nitrogens with zero attached hydrogens (tertiary/aromatic N) is 2.